The second kappa shape index (κ2) is 11.0. The lowest BCUT2D eigenvalue weighted by Crippen LogP contribution is -2.44. The molecule has 1 amide bonds. The van der Waals surface area contributed by atoms with Crippen LogP contribution in [0.4, 0.5) is 19.5 Å². The van der Waals surface area contributed by atoms with Crippen molar-refractivity contribution < 1.29 is 13.6 Å². The Balaban J connectivity index is 1.55. The van der Waals surface area contributed by atoms with Crippen LogP contribution in [0.1, 0.15) is 41.7 Å². The summed E-state index contributed by atoms with van der Waals surface area (Å²) in [5.41, 5.74) is 20.3. The van der Waals surface area contributed by atoms with Crippen LogP contribution in [-0.4, -0.2) is 40.7 Å². The highest BCUT2D eigenvalue weighted by atomic mass is 32.1. The second-order valence-corrected chi connectivity index (χ2v) is 9.75. The molecule has 1 aromatic carbocycles. The molecule has 0 bridgehead atoms. The maximum Gasteiger partial charge on any atom is 0.277 e. The standard InChI is InChI=1S/C24H26F2N8OS/c1-12-9-13(10-17(27)20(12)31-7-8-32-29)14-5-6-30-11-18(14)33-23(35)21-22(28)36-24(34-21)19-15(25)3-2-4-16(19)26/h2-7,11-13,17,20,29H,8-10,27-28H2,1H3,(H,33,35). The summed E-state index contributed by atoms with van der Waals surface area (Å²) < 4.78 is 28.4. The van der Waals surface area contributed by atoms with E-state index in [0.717, 1.165) is 35.5 Å². The molecule has 3 aromatic rings. The lowest BCUT2D eigenvalue weighted by Gasteiger charge is -2.37. The van der Waals surface area contributed by atoms with E-state index in [-0.39, 0.29) is 51.7 Å². The minimum absolute atomic E-state index is 0.0171. The Morgan fingerprint density at radius 3 is 2.75 bits per heavy atom. The van der Waals surface area contributed by atoms with Crippen molar-refractivity contribution in [1.29, 1.82) is 5.53 Å². The van der Waals surface area contributed by atoms with E-state index in [1.165, 1.54) is 6.07 Å². The van der Waals surface area contributed by atoms with Crippen LogP contribution >= 0.6 is 11.3 Å². The lowest BCUT2D eigenvalue weighted by molar-refractivity contribution is 0.102. The van der Waals surface area contributed by atoms with Crippen LogP contribution in [0.25, 0.3) is 10.6 Å². The summed E-state index contributed by atoms with van der Waals surface area (Å²) in [5.74, 6) is -1.95. The number of nitrogens with one attached hydrogen (secondary N) is 2. The van der Waals surface area contributed by atoms with Crippen molar-refractivity contribution in [1.82, 2.24) is 9.97 Å². The summed E-state index contributed by atoms with van der Waals surface area (Å²) in [7, 11) is 0. The fraction of sp³-hybridized carbons (Fsp3) is 0.333. The number of carbonyl (C=O) groups excluding carboxylic acids is 1. The smallest absolute Gasteiger partial charge is 0.277 e. The first-order valence-electron chi connectivity index (χ1n) is 11.4. The summed E-state index contributed by atoms with van der Waals surface area (Å²) in [6, 6.07) is 5.05. The molecule has 0 aliphatic heterocycles. The number of hydrogen-bond acceptors (Lipinski definition) is 9. The highest BCUT2D eigenvalue weighted by Gasteiger charge is 2.35. The van der Waals surface area contributed by atoms with Crippen LogP contribution in [0.3, 0.4) is 0 Å². The van der Waals surface area contributed by atoms with Gasteiger partial charge in [-0.1, -0.05) is 24.3 Å². The lowest BCUT2D eigenvalue weighted by atomic mass is 9.73. The quantitative estimate of drug-likeness (QED) is 0.268. The molecule has 1 fully saturated rings. The molecular weight excluding hydrogens is 486 g/mol. The molecule has 2 heterocycles. The van der Waals surface area contributed by atoms with Gasteiger partial charge in [0.15, 0.2) is 5.69 Å². The van der Waals surface area contributed by atoms with E-state index in [1.807, 2.05) is 6.07 Å². The third-order valence-corrected chi connectivity index (χ3v) is 7.18. The zero-order valence-electron chi connectivity index (χ0n) is 19.5. The van der Waals surface area contributed by atoms with E-state index < -0.39 is 17.5 Å². The summed E-state index contributed by atoms with van der Waals surface area (Å²) >= 11 is 0.838. The Morgan fingerprint density at radius 1 is 1.31 bits per heavy atom. The number of nitrogen functional groups attached to an aromatic ring is 1. The number of anilines is 2. The highest BCUT2D eigenvalue weighted by Crippen LogP contribution is 2.40. The molecule has 9 nitrogen and oxygen atoms in total. The third-order valence-electron chi connectivity index (χ3n) is 6.27. The average Bonchev–Trinajstić information content (AvgIpc) is 3.22. The number of nitrogens with zero attached hydrogens (tertiary/aromatic N) is 4. The van der Waals surface area contributed by atoms with E-state index in [1.54, 1.807) is 18.6 Å². The van der Waals surface area contributed by atoms with E-state index in [0.29, 0.717) is 12.1 Å². The molecular formula is C24H26F2N8OS. The maximum absolute atomic E-state index is 14.2. The van der Waals surface area contributed by atoms with E-state index in [2.05, 4.69) is 32.3 Å². The highest BCUT2D eigenvalue weighted by molar-refractivity contribution is 7.19. The molecule has 6 N–H and O–H groups in total. The molecule has 36 heavy (non-hydrogen) atoms. The predicted octanol–water partition coefficient (Wildman–Crippen LogP) is 4.63. The molecule has 0 radical (unpaired) electrons. The van der Waals surface area contributed by atoms with Gasteiger partial charge in [-0.3, -0.25) is 14.8 Å². The van der Waals surface area contributed by atoms with Crippen LogP contribution in [0, 0.1) is 23.1 Å². The average molecular weight is 513 g/mol. The van der Waals surface area contributed by atoms with Crippen molar-refractivity contribution in [3.05, 3.63) is 59.6 Å². The minimum atomic E-state index is -0.787. The zero-order chi connectivity index (χ0) is 25.8. The van der Waals surface area contributed by atoms with Gasteiger partial charge in [0.2, 0.25) is 0 Å². The molecule has 1 saturated carbocycles. The molecule has 2 aromatic heterocycles. The van der Waals surface area contributed by atoms with Crippen molar-refractivity contribution >= 4 is 34.1 Å². The van der Waals surface area contributed by atoms with Gasteiger partial charge in [0, 0.05) is 18.5 Å². The van der Waals surface area contributed by atoms with Crippen LogP contribution < -0.4 is 16.8 Å². The molecule has 12 heteroatoms. The number of nitrogens with two attached hydrogens (primary N) is 2. The van der Waals surface area contributed by atoms with Crippen LogP contribution in [0.2, 0.25) is 0 Å². The normalized spacial score (nSPS) is 22.0. The van der Waals surface area contributed by atoms with Crippen molar-refractivity contribution in [2.75, 3.05) is 17.6 Å². The van der Waals surface area contributed by atoms with Crippen molar-refractivity contribution in [3.63, 3.8) is 0 Å². The van der Waals surface area contributed by atoms with Crippen LogP contribution in [0.15, 0.2) is 46.8 Å². The number of pyridine rings is 1. The van der Waals surface area contributed by atoms with Crippen molar-refractivity contribution in [3.8, 4) is 10.6 Å². The van der Waals surface area contributed by atoms with Gasteiger partial charge in [0.1, 0.15) is 21.6 Å². The Morgan fingerprint density at radius 2 is 2.06 bits per heavy atom. The number of halogens is 2. The van der Waals surface area contributed by atoms with Gasteiger partial charge in [0.25, 0.3) is 5.91 Å². The zero-order valence-corrected chi connectivity index (χ0v) is 20.3. The van der Waals surface area contributed by atoms with Gasteiger partial charge in [-0.05, 0) is 48.4 Å². The van der Waals surface area contributed by atoms with Gasteiger partial charge >= 0.3 is 0 Å². The summed E-state index contributed by atoms with van der Waals surface area (Å²) in [6.45, 7) is 2.30. The fourth-order valence-corrected chi connectivity index (χ4v) is 5.52. The van der Waals surface area contributed by atoms with E-state index >= 15 is 0 Å². The number of hydrogen-bond donors (Lipinski definition) is 4. The fourth-order valence-electron chi connectivity index (χ4n) is 4.65. The first kappa shape index (κ1) is 25.5. The number of thiazole rings is 1. The number of benzene rings is 1. The Bertz CT molecular complexity index is 1260. The first-order valence-corrected chi connectivity index (χ1v) is 12.2. The minimum Gasteiger partial charge on any atom is -0.389 e. The number of rotatable bonds is 7. The van der Waals surface area contributed by atoms with Gasteiger partial charge in [0.05, 0.1) is 30.0 Å². The van der Waals surface area contributed by atoms with E-state index in [9.17, 15) is 13.6 Å². The van der Waals surface area contributed by atoms with E-state index in [4.69, 9.17) is 17.0 Å². The van der Waals surface area contributed by atoms with Crippen LogP contribution in [-0.2, 0) is 0 Å². The number of aliphatic imine (C=N–C) groups is 1. The molecule has 188 valence electrons. The third kappa shape index (κ3) is 5.29. The van der Waals surface area contributed by atoms with Crippen molar-refractivity contribution in [2.45, 2.75) is 37.8 Å². The number of aromatic nitrogens is 2. The Hall–Kier alpha value is -3.64. The van der Waals surface area contributed by atoms with Gasteiger partial charge in [-0.25, -0.2) is 19.3 Å². The Labute approximate surface area is 210 Å². The maximum atomic E-state index is 14.2. The van der Waals surface area contributed by atoms with Gasteiger partial charge < -0.3 is 16.8 Å². The largest absolute Gasteiger partial charge is 0.389 e. The van der Waals surface area contributed by atoms with Crippen molar-refractivity contribution in [2.24, 2.45) is 21.8 Å². The number of amides is 1. The molecule has 1 aliphatic carbocycles. The number of carbonyl (C=O) groups is 1. The topological polar surface area (TPSA) is 155 Å². The van der Waals surface area contributed by atoms with Gasteiger partial charge in [-0.2, -0.15) is 5.11 Å². The summed E-state index contributed by atoms with van der Waals surface area (Å²) in [5, 5.41) is 6.13. The second-order valence-electron chi connectivity index (χ2n) is 8.72. The molecule has 4 rings (SSSR count). The Kier molecular flexibility index (Phi) is 7.75. The first-order chi connectivity index (χ1) is 17.3. The SMILES string of the molecule is CC1CC(c2ccncc2NC(=O)c2nc(-c3c(F)cccc3F)sc2N)CC(N)C1N=CCN=N. The monoisotopic (exact) mass is 512 g/mol. The molecule has 1 aliphatic rings. The summed E-state index contributed by atoms with van der Waals surface area (Å²) in [6.07, 6.45) is 6.25. The molecule has 4 unspecified atom stereocenters. The summed E-state index contributed by atoms with van der Waals surface area (Å²) in [4.78, 5) is 25.9. The molecule has 0 saturated heterocycles. The van der Waals surface area contributed by atoms with Gasteiger partial charge in [-0.15, -0.1) is 0 Å². The molecule has 4 atom stereocenters. The molecule has 0 spiro atoms. The van der Waals surface area contributed by atoms with Crippen LogP contribution in [0.5, 0.6) is 0 Å². The predicted molar refractivity (Wildman–Crippen MR) is 135 cm³/mol.